The fourth-order valence-corrected chi connectivity index (χ4v) is 2.59. The van der Waals surface area contributed by atoms with E-state index in [4.69, 9.17) is 5.73 Å². The summed E-state index contributed by atoms with van der Waals surface area (Å²) in [7, 11) is 0. The lowest BCUT2D eigenvalue weighted by Crippen LogP contribution is -2.26. The molecule has 1 fully saturated rings. The highest BCUT2D eigenvalue weighted by Crippen LogP contribution is 2.29. The zero-order valence-electron chi connectivity index (χ0n) is 10.1. The lowest BCUT2D eigenvalue weighted by atomic mass is 10.1. The second kappa shape index (κ2) is 4.00. The van der Waals surface area contributed by atoms with E-state index in [1.807, 2.05) is 6.20 Å². The van der Waals surface area contributed by atoms with Crippen LogP contribution in [-0.2, 0) is 0 Å². The second-order valence-electron chi connectivity index (χ2n) is 4.80. The van der Waals surface area contributed by atoms with E-state index in [1.165, 1.54) is 16.6 Å². The topological polar surface area (TPSA) is 42.1 Å². The molecule has 1 aliphatic heterocycles. The third-order valence-electron chi connectivity index (χ3n) is 3.52. The molecule has 0 spiro atoms. The van der Waals surface area contributed by atoms with Crippen molar-refractivity contribution in [2.45, 2.75) is 19.4 Å². The number of para-hydroxylation sites is 1. The molecule has 3 heteroatoms. The van der Waals surface area contributed by atoms with Gasteiger partial charge in [-0.15, -0.1) is 0 Å². The largest absolute Gasteiger partial charge is 0.369 e. The summed E-state index contributed by atoms with van der Waals surface area (Å²) in [5.41, 5.74) is 9.58. The van der Waals surface area contributed by atoms with Crippen molar-refractivity contribution in [1.82, 2.24) is 4.98 Å². The lowest BCUT2D eigenvalue weighted by molar-refractivity contribution is 0.752. The summed E-state index contributed by atoms with van der Waals surface area (Å²) in [6.07, 6.45) is 2.98. The summed E-state index contributed by atoms with van der Waals surface area (Å²) < 4.78 is 0. The van der Waals surface area contributed by atoms with Crippen molar-refractivity contribution in [1.29, 1.82) is 0 Å². The highest BCUT2D eigenvalue weighted by Gasteiger charge is 2.20. The summed E-state index contributed by atoms with van der Waals surface area (Å²) >= 11 is 0. The molecule has 2 heterocycles. The summed E-state index contributed by atoms with van der Waals surface area (Å²) in [6, 6.07) is 8.75. The molecule has 0 amide bonds. The van der Waals surface area contributed by atoms with Crippen molar-refractivity contribution < 1.29 is 0 Å². The molecule has 1 aromatic carbocycles. The van der Waals surface area contributed by atoms with Crippen LogP contribution in [0.5, 0.6) is 0 Å². The molecule has 2 N–H and O–H groups in total. The van der Waals surface area contributed by atoms with Gasteiger partial charge >= 0.3 is 0 Å². The van der Waals surface area contributed by atoms with E-state index < -0.39 is 0 Å². The Kier molecular flexibility index (Phi) is 2.48. The fourth-order valence-electron chi connectivity index (χ4n) is 2.59. The Labute approximate surface area is 101 Å². The Morgan fingerprint density at radius 2 is 2.24 bits per heavy atom. The maximum atomic E-state index is 5.98. The molecule has 0 bridgehead atoms. The first-order chi connectivity index (χ1) is 8.25. The number of anilines is 1. The number of nitrogens with zero attached hydrogens (tertiary/aromatic N) is 2. The van der Waals surface area contributed by atoms with Crippen molar-refractivity contribution >= 4 is 16.6 Å². The standard InChI is InChI=1S/C14H17N3/c1-10-3-2-4-12-13(5-7-16-14(10)12)17-8-6-11(15)9-17/h2-5,7,11H,6,8-9,15H2,1H3. The van der Waals surface area contributed by atoms with Gasteiger partial charge < -0.3 is 10.6 Å². The Morgan fingerprint density at radius 3 is 3.00 bits per heavy atom. The molecule has 3 nitrogen and oxygen atoms in total. The maximum Gasteiger partial charge on any atom is 0.0751 e. The predicted molar refractivity (Wildman–Crippen MR) is 71.3 cm³/mol. The SMILES string of the molecule is Cc1cccc2c(N3CCC(N)C3)ccnc12. The third kappa shape index (κ3) is 1.76. The predicted octanol–water partition coefficient (Wildman–Crippen LogP) is 2.08. The van der Waals surface area contributed by atoms with E-state index in [2.05, 4.69) is 41.1 Å². The number of nitrogens with two attached hydrogens (primary N) is 1. The molecule has 1 unspecified atom stereocenters. The van der Waals surface area contributed by atoms with Gasteiger partial charge in [-0.25, -0.2) is 0 Å². The molecule has 0 aliphatic carbocycles. The molecule has 1 atom stereocenters. The van der Waals surface area contributed by atoms with E-state index in [0.717, 1.165) is 25.0 Å². The van der Waals surface area contributed by atoms with Crippen LogP contribution in [0.25, 0.3) is 10.9 Å². The lowest BCUT2D eigenvalue weighted by Gasteiger charge is -2.20. The van der Waals surface area contributed by atoms with E-state index in [9.17, 15) is 0 Å². The normalized spacial score (nSPS) is 20.1. The number of benzene rings is 1. The average molecular weight is 227 g/mol. The van der Waals surface area contributed by atoms with Gasteiger partial charge in [0.1, 0.15) is 0 Å². The van der Waals surface area contributed by atoms with E-state index in [0.29, 0.717) is 6.04 Å². The number of hydrogen-bond acceptors (Lipinski definition) is 3. The number of pyridine rings is 1. The Bertz CT molecular complexity index is 550. The number of hydrogen-bond donors (Lipinski definition) is 1. The van der Waals surface area contributed by atoms with Crippen LogP contribution in [0.1, 0.15) is 12.0 Å². The van der Waals surface area contributed by atoms with Crippen LogP contribution in [0.4, 0.5) is 5.69 Å². The number of fused-ring (bicyclic) bond motifs is 1. The summed E-state index contributed by atoms with van der Waals surface area (Å²) in [5, 5.41) is 1.24. The summed E-state index contributed by atoms with van der Waals surface area (Å²) in [4.78, 5) is 6.84. The van der Waals surface area contributed by atoms with Gasteiger partial charge in [0.2, 0.25) is 0 Å². The van der Waals surface area contributed by atoms with Crippen molar-refractivity contribution in [2.24, 2.45) is 5.73 Å². The van der Waals surface area contributed by atoms with Gasteiger partial charge in [0.15, 0.2) is 0 Å². The van der Waals surface area contributed by atoms with Crippen molar-refractivity contribution in [2.75, 3.05) is 18.0 Å². The van der Waals surface area contributed by atoms with Crippen LogP contribution in [-0.4, -0.2) is 24.1 Å². The van der Waals surface area contributed by atoms with Gasteiger partial charge in [-0.1, -0.05) is 18.2 Å². The minimum Gasteiger partial charge on any atom is -0.369 e. The van der Waals surface area contributed by atoms with Crippen molar-refractivity contribution in [3.63, 3.8) is 0 Å². The zero-order chi connectivity index (χ0) is 11.8. The second-order valence-corrected chi connectivity index (χ2v) is 4.80. The van der Waals surface area contributed by atoms with Crippen molar-refractivity contribution in [3.8, 4) is 0 Å². The van der Waals surface area contributed by atoms with Crippen LogP contribution in [0, 0.1) is 6.92 Å². The van der Waals surface area contributed by atoms with Crippen LogP contribution in [0.2, 0.25) is 0 Å². The van der Waals surface area contributed by atoms with Gasteiger partial charge in [0, 0.05) is 36.4 Å². The highest BCUT2D eigenvalue weighted by molar-refractivity contribution is 5.93. The smallest absolute Gasteiger partial charge is 0.0751 e. The van der Waals surface area contributed by atoms with Crippen LogP contribution >= 0.6 is 0 Å². The Balaban J connectivity index is 2.13. The Hall–Kier alpha value is -1.61. The molecule has 2 aromatic rings. The molecule has 1 saturated heterocycles. The summed E-state index contributed by atoms with van der Waals surface area (Å²) in [5.74, 6) is 0. The molecule has 0 radical (unpaired) electrons. The molecular formula is C14H17N3. The van der Waals surface area contributed by atoms with Gasteiger partial charge in [0.25, 0.3) is 0 Å². The van der Waals surface area contributed by atoms with Crippen molar-refractivity contribution in [3.05, 3.63) is 36.0 Å². The van der Waals surface area contributed by atoms with Crippen LogP contribution in [0.15, 0.2) is 30.5 Å². The van der Waals surface area contributed by atoms with Gasteiger partial charge in [-0.2, -0.15) is 0 Å². The quantitative estimate of drug-likeness (QED) is 0.811. The van der Waals surface area contributed by atoms with E-state index in [1.54, 1.807) is 0 Å². The number of rotatable bonds is 1. The molecular weight excluding hydrogens is 210 g/mol. The van der Waals surface area contributed by atoms with E-state index in [-0.39, 0.29) is 0 Å². The van der Waals surface area contributed by atoms with Gasteiger partial charge in [-0.05, 0) is 25.0 Å². The first-order valence-electron chi connectivity index (χ1n) is 6.10. The summed E-state index contributed by atoms with van der Waals surface area (Å²) in [6.45, 7) is 4.11. The minimum absolute atomic E-state index is 0.308. The highest BCUT2D eigenvalue weighted by atomic mass is 15.2. The molecule has 0 saturated carbocycles. The molecule has 88 valence electrons. The van der Waals surface area contributed by atoms with Crippen LogP contribution in [0.3, 0.4) is 0 Å². The van der Waals surface area contributed by atoms with Gasteiger partial charge in [-0.3, -0.25) is 4.98 Å². The average Bonchev–Trinajstić information content (AvgIpc) is 2.76. The molecule has 17 heavy (non-hydrogen) atoms. The van der Waals surface area contributed by atoms with Gasteiger partial charge in [0.05, 0.1) is 5.52 Å². The fraction of sp³-hybridized carbons (Fsp3) is 0.357. The maximum absolute atomic E-state index is 5.98. The molecule has 1 aromatic heterocycles. The van der Waals surface area contributed by atoms with E-state index >= 15 is 0 Å². The number of aryl methyl sites for hydroxylation is 1. The first kappa shape index (κ1) is 10.5. The zero-order valence-corrected chi connectivity index (χ0v) is 10.1. The molecule has 3 rings (SSSR count). The van der Waals surface area contributed by atoms with Crippen LogP contribution < -0.4 is 10.6 Å². The minimum atomic E-state index is 0.308. The first-order valence-corrected chi connectivity index (χ1v) is 6.10. The third-order valence-corrected chi connectivity index (χ3v) is 3.52. The monoisotopic (exact) mass is 227 g/mol. The number of aromatic nitrogens is 1. The molecule has 1 aliphatic rings. The Morgan fingerprint density at radius 1 is 1.35 bits per heavy atom.